The van der Waals surface area contributed by atoms with E-state index in [4.69, 9.17) is 10.9 Å². The molecule has 0 aliphatic rings. The van der Waals surface area contributed by atoms with Crippen molar-refractivity contribution in [2.24, 2.45) is 10.9 Å². The van der Waals surface area contributed by atoms with Gasteiger partial charge in [-0.3, -0.25) is 0 Å². The number of pyridine rings is 1. The molecule has 14 heavy (non-hydrogen) atoms. The zero-order valence-corrected chi connectivity index (χ0v) is 6.78. The van der Waals surface area contributed by atoms with Gasteiger partial charge in [-0.2, -0.15) is 13.2 Å². The summed E-state index contributed by atoms with van der Waals surface area (Å²) in [6, 6.07) is 3.14. The van der Waals surface area contributed by atoms with Gasteiger partial charge in [0.05, 0.1) is 0 Å². The molecule has 0 radical (unpaired) electrons. The first-order valence-electron chi connectivity index (χ1n) is 3.47. The molecule has 0 saturated heterocycles. The van der Waals surface area contributed by atoms with E-state index in [0.29, 0.717) is 0 Å². The molecule has 0 bridgehead atoms. The van der Waals surface area contributed by atoms with E-state index in [9.17, 15) is 13.2 Å². The number of oxime groups is 1. The molecule has 0 aliphatic carbocycles. The topological polar surface area (TPSA) is 71.5 Å². The molecule has 0 aromatic carbocycles. The zero-order chi connectivity index (χ0) is 10.8. The number of alkyl halides is 3. The van der Waals surface area contributed by atoms with Crippen LogP contribution in [0.25, 0.3) is 0 Å². The number of hydrogen-bond acceptors (Lipinski definition) is 3. The minimum atomic E-state index is -4.54. The van der Waals surface area contributed by atoms with Crippen molar-refractivity contribution in [2.75, 3.05) is 0 Å². The molecule has 0 aliphatic heterocycles. The van der Waals surface area contributed by atoms with Crippen molar-refractivity contribution >= 4 is 5.84 Å². The molecule has 0 fully saturated rings. The van der Waals surface area contributed by atoms with Gasteiger partial charge >= 0.3 is 6.18 Å². The van der Waals surface area contributed by atoms with E-state index in [-0.39, 0.29) is 5.69 Å². The molecule has 0 amide bonds. The average molecular weight is 205 g/mol. The molecule has 0 atom stereocenters. The normalized spacial score (nSPS) is 12.9. The lowest BCUT2D eigenvalue weighted by Crippen LogP contribution is -2.18. The third-order valence-electron chi connectivity index (χ3n) is 1.41. The highest BCUT2D eigenvalue weighted by Crippen LogP contribution is 2.27. The van der Waals surface area contributed by atoms with Gasteiger partial charge in [0, 0.05) is 0 Å². The Bertz CT molecular complexity index is 361. The Kier molecular flexibility index (Phi) is 2.59. The van der Waals surface area contributed by atoms with Crippen LogP contribution in [0.5, 0.6) is 0 Å². The van der Waals surface area contributed by atoms with Gasteiger partial charge in [-0.05, 0) is 12.1 Å². The van der Waals surface area contributed by atoms with Crippen molar-refractivity contribution in [1.82, 2.24) is 4.98 Å². The molecule has 76 valence electrons. The summed E-state index contributed by atoms with van der Waals surface area (Å²) in [5.41, 5.74) is 3.77. The number of aromatic nitrogens is 1. The van der Waals surface area contributed by atoms with E-state index >= 15 is 0 Å². The Morgan fingerprint density at radius 3 is 2.57 bits per heavy atom. The molecule has 0 spiro atoms. The minimum absolute atomic E-state index is 0.220. The first-order valence-corrected chi connectivity index (χ1v) is 3.47. The van der Waals surface area contributed by atoms with E-state index in [2.05, 4.69) is 10.1 Å². The predicted octanol–water partition coefficient (Wildman–Crippen LogP) is 1.19. The molecule has 4 nitrogen and oxygen atoms in total. The van der Waals surface area contributed by atoms with E-state index < -0.39 is 17.7 Å². The first-order chi connectivity index (χ1) is 6.45. The van der Waals surface area contributed by atoms with Crippen molar-refractivity contribution < 1.29 is 18.4 Å². The van der Waals surface area contributed by atoms with Crippen LogP contribution < -0.4 is 5.73 Å². The van der Waals surface area contributed by atoms with Crippen LogP contribution >= 0.6 is 0 Å². The maximum Gasteiger partial charge on any atom is 0.433 e. The Morgan fingerprint density at radius 2 is 2.07 bits per heavy atom. The first kappa shape index (κ1) is 10.3. The lowest BCUT2D eigenvalue weighted by Gasteiger charge is -2.06. The van der Waals surface area contributed by atoms with Gasteiger partial charge in [-0.1, -0.05) is 11.2 Å². The van der Waals surface area contributed by atoms with Gasteiger partial charge in [0.1, 0.15) is 11.4 Å². The second-order valence-electron chi connectivity index (χ2n) is 2.39. The van der Waals surface area contributed by atoms with Gasteiger partial charge < -0.3 is 10.9 Å². The quantitative estimate of drug-likeness (QED) is 0.313. The summed E-state index contributed by atoms with van der Waals surface area (Å²) < 4.78 is 36.4. The highest BCUT2D eigenvalue weighted by atomic mass is 19.4. The van der Waals surface area contributed by atoms with Crippen LogP contribution in [0.15, 0.2) is 23.4 Å². The van der Waals surface area contributed by atoms with Gasteiger partial charge in [0.15, 0.2) is 5.84 Å². The van der Waals surface area contributed by atoms with Crippen molar-refractivity contribution in [3.63, 3.8) is 0 Å². The van der Waals surface area contributed by atoms with E-state index in [1.807, 2.05) is 0 Å². The zero-order valence-electron chi connectivity index (χ0n) is 6.78. The highest BCUT2D eigenvalue weighted by molar-refractivity contribution is 5.95. The summed E-state index contributed by atoms with van der Waals surface area (Å²) in [5.74, 6) is -0.462. The second kappa shape index (κ2) is 3.52. The monoisotopic (exact) mass is 205 g/mol. The van der Waals surface area contributed by atoms with Gasteiger partial charge in [-0.25, -0.2) is 4.98 Å². The minimum Gasteiger partial charge on any atom is -0.409 e. The number of rotatable bonds is 1. The SMILES string of the molecule is N/C(=N\O)c1cccc(C(F)(F)F)n1. The Hall–Kier alpha value is -1.79. The van der Waals surface area contributed by atoms with Crippen LogP contribution in [-0.4, -0.2) is 16.0 Å². The molecular weight excluding hydrogens is 199 g/mol. The molecule has 1 aromatic heterocycles. The fraction of sp³-hybridized carbons (Fsp3) is 0.143. The maximum absolute atomic E-state index is 12.1. The number of hydrogen-bond donors (Lipinski definition) is 2. The molecule has 1 aromatic rings. The second-order valence-corrected chi connectivity index (χ2v) is 2.39. The number of halogens is 3. The molecule has 3 N–H and O–H groups in total. The average Bonchev–Trinajstić information content (AvgIpc) is 2.15. The Balaban J connectivity index is 3.14. The number of nitrogens with zero attached hydrogens (tertiary/aromatic N) is 2. The molecule has 0 unspecified atom stereocenters. The van der Waals surface area contributed by atoms with Crippen molar-refractivity contribution in [3.05, 3.63) is 29.6 Å². The van der Waals surface area contributed by atoms with Crippen LogP contribution in [0, 0.1) is 0 Å². The molecule has 0 saturated carbocycles. The smallest absolute Gasteiger partial charge is 0.409 e. The largest absolute Gasteiger partial charge is 0.433 e. The van der Waals surface area contributed by atoms with E-state index in [1.165, 1.54) is 6.07 Å². The summed E-state index contributed by atoms with van der Waals surface area (Å²) in [7, 11) is 0. The van der Waals surface area contributed by atoms with Gasteiger partial charge in [0.25, 0.3) is 0 Å². The van der Waals surface area contributed by atoms with E-state index in [0.717, 1.165) is 12.1 Å². The fourth-order valence-electron chi connectivity index (χ4n) is 0.786. The number of nitrogens with two attached hydrogens (primary N) is 1. The van der Waals surface area contributed by atoms with E-state index in [1.54, 1.807) is 0 Å². The van der Waals surface area contributed by atoms with Crippen molar-refractivity contribution in [2.45, 2.75) is 6.18 Å². The summed E-state index contributed by atoms with van der Waals surface area (Å²) in [4.78, 5) is 3.17. The molecule has 7 heteroatoms. The van der Waals surface area contributed by atoms with Crippen LogP contribution in [0.1, 0.15) is 11.4 Å². The third-order valence-corrected chi connectivity index (χ3v) is 1.41. The summed E-state index contributed by atoms with van der Waals surface area (Å²) in [5, 5.41) is 10.8. The standard InChI is InChI=1S/C7H6F3N3O/c8-7(9,10)5-3-1-2-4(12-5)6(11)13-14/h1-3,14H,(H2,11,13). The maximum atomic E-state index is 12.1. The van der Waals surface area contributed by atoms with Crippen molar-refractivity contribution in [3.8, 4) is 0 Å². The predicted molar refractivity (Wildman–Crippen MR) is 41.7 cm³/mol. The summed E-state index contributed by atoms with van der Waals surface area (Å²) in [6.45, 7) is 0. The summed E-state index contributed by atoms with van der Waals surface area (Å²) in [6.07, 6.45) is -4.54. The lowest BCUT2D eigenvalue weighted by atomic mass is 10.3. The third kappa shape index (κ3) is 2.12. The fourth-order valence-corrected chi connectivity index (χ4v) is 0.786. The Morgan fingerprint density at radius 1 is 1.43 bits per heavy atom. The van der Waals surface area contributed by atoms with Crippen LogP contribution in [0.4, 0.5) is 13.2 Å². The molecule has 1 heterocycles. The highest BCUT2D eigenvalue weighted by Gasteiger charge is 2.32. The van der Waals surface area contributed by atoms with Crippen LogP contribution in [0.2, 0.25) is 0 Å². The summed E-state index contributed by atoms with van der Waals surface area (Å²) >= 11 is 0. The van der Waals surface area contributed by atoms with Gasteiger partial charge in [0.2, 0.25) is 0 Å². The molecule has 1 rings (SSSR count). The van der Waals surface area contributed by atoms with Crippen LogP contribution in [-0.2, 0) is 6.18 Å². The number of amidine groups is 1. The van der Waals surface area contributed by atoms with Gasteiger partial charge in [-0.15, -0.1) is 0 Å². The van der Waals surface area contributed by atoms with Crippen molar-refractivity contribution in [1.29, 1.82) is 0 Å². The Labute approximate surface area is 76.9 Å². The van der Waals surface area contributed by atoms with Crippen LogP contribution in [0.3, 0.4) is 0 Å². The molecular formula is C7H6F3N3O. The lowest BCUT2D eigenvalue weighted by molar-refractivity contribution is -0.141.